The van der Waals surface area contributed by atoms with E-state index in [-0.39, 0.29) is 18.0 Å². The van der Waals surface area contributed by atoms with E-state index in [9.17, 15) is 4.79 Å². The maximum atomic E-state index is 12.7. The Labute approximate surface area is 165 Å². The van der Waals surface area contributed by atoms with Crippen molar-refractivity contribution in [2.24, 2.45) is 0 Å². The van der Waals surface area contributed by atoms with E-state index < -0.39 is 6.10 Å². The van der Waals surface area contributed by atoms with Gasteiger partial charge in [-0.25, -0.2) is 0 Å². The average molecular weight is 376 g/mol. The van der Waals surface area contributed by atoms with Gasteiger partial charge in [0.05, 0.1) is 17.7 Å². The fraction of sp³-hybridized carbons (Fsp3) is 0.409. The standard InChI is InChI=1S/C22H24N4O2/c1-28-21-20(18-5-9-24-10-6-18)26(22(21)27)19-7-11-25(12-8-19)15-17-4-2-3-16(13-17)14-23/h2-6,9-10,13,19-21H,7-8,11-12,15H2,1H3/t20-,21+/m0/s1. The van der Waals surface area contributed by atoms with Gasteiger partial charge < -0.3 is 9.64 Å². The van der Waals surface area contributed by atoms with E-state index in [0.29, 0.717) is 5.56 Å². The molecule has 0 spiro atoms. The Kier molecular flexibility index (Phi) is 5.38. The summed E-state index contributed by atoms with van der Waals surface area (Å²) in [7, 11) is 1.60. The number of hydrogen-bond donors (Lipinski definition) is 0. The molecule has 2 saturated heterocycles. The van der Waals surface area contributed by atoms with Crippen LogP contribution < -0.4 is 0 Å². The molecule has 0 N–H and O–H groups in total. The predicted octanol–water partition coefficient (Wildman–Crippen LogP) is 2.52. The maximum absolute atomic E-state index is 12.7. The number of carbonyl (C=O) groups excluding carboxylic acids is 1. The summed E-state index contributed by atoms with van der Waals surface area (Å²) in [4.78, 5) is 21.2. The summed E-state index contributed by atoms with van der Waals surface area (Å²) in [5, 5.41) is 9.07. The van der Waals surface area contributed by atoms with Crippen LogP contribution in [0.15, 0.2) is 48.8 Å². The molecule has 6 heteroatoms. The summed E-state index contributed by atoms with van der Waals surface area (Å²) in [5.74, 6) is 0.0875. The van der Waals surface area contributed by atoms with E-state index in [1.165, 1.54) is 0 Å². The summed E-state index contributed by atoms with van der Waals surface area (Å²) in [6.07, 6.45) is 5.03. The Hall–Kier alpha value is -2.75. The van der Waals surface area contributed by atoms with Gasteiger partial charge in [0.2, 0.25) is 0 Å². The molecule has 2 fully saturated rings. The van der Waals surface area contributed by atoms with Gasteiger partial charge in [-0.15, -0.1) is 0 Å². The van der Waals surface area contributed by atoms with Crippen LogP contribution in [0.25, 0.3) is 0 Å². The molecule has 2 aliphatic heterocycles. The highest BCUT2D eigenvalue weighted by atomic mass is 16.5. The number of rotatable bonds is 5. The molecule has 144 valence electrons. The van der Waals surface area contributed by atoms with Crippen molar-refractivity contribution < 1.29 is 9.53 Å². The van der Waals surface area contributed by atoms with Gasteiger partial charge in [0, 0.05) is 45.2 Å². The second-order valence-corrected chi connectivity index (χ2v) is 7.45. The lowest BCUT2D eigenvalue weighted by molar-refractivity contribution is -0.178. The number of aromatic nitrogens is 1. The molecule has 2 aliphatic rings. The van der Waals surface area contributed by atoms with E-state index in [2.05, 4.69) is 22.0 Å². The van der Waals surface area contributed by atoms with Gasteiger partial charge in [-0.2, -0.15) is 5.26 Å². The fourth-order valence-corrected chi connectivity index (χ4v) is 4.37. The second-order valence-electron chi connectivity index (χ2n) is 7.45. The molecule has 2 atom stereocenters. The summed E-state index contributed by atoms with van der Waals surface area (Å²) in [6.45, 7) is 2.71. The van der Waals surface area contributed by atoms with E-state index in [4.69, 9.17) is 10.00 Å². The molecule has 2 aromatic rings. The normalized spacial score (nSPS) is 23.3. The first-order valence-corrected chi connectivity index (χ1v) is 9.67. The van der Waals surface area contributed by atoms with Crippen LogP contribution in [-0.4, -0.2) is 53.0 Å². The minimum absolute atomic E-state index is 0.0237. The third-order valence-corrected chi connectivity index (χ3v) is 5.80. The van der Waals surface area contributed by atoms with Crippen LogP contribution in [0.2, 0.25) is 0 Å². The molecule has 3 heterocycles. The molecular weight excluding hydrogens is 352 g/mol. The number of amides is 1. The quantitative estimate of drug-likeness (QED) is 0.750. The van der Waals surface area contributed by atoms with Crippen molar-refractivity contribution in [3.05, 3.63) is 65.5 Å². The van der Waals surface area contributed by atoms with E-state index in [0.717, 1.165) is 43.6 Å². The lowest BCUT2D eigenvalue weighted by atomic mass is 9.86. The molecule has 0 saturated carbocycles. The highest BCUT2D eigenvalue weighted by Crippen LogP contribution is 2.40. The zero-order chi connectivity index (χ0) is 19.5. The van der Waals surface area contributed by atoms with Crippen LogP contribution in [0.3, 0.4) is 0 Å². The number of β-lactam (4-membered cyclic amide) rings is 1. The summed E-state index contributed by atoms with van der Waals surface area (Å²) < 4.78 is 5.46. The topological polar surface area (TPSA) is 69.5 Å². The molecule has 1 aromatic heterocycles. The summed E-state index contributed by atoms with van der Waals surface area (Å²) in [5.41, 5.74) is 2.94. The van der Waals surface area contributed by atoms with E-state index in [1.54, 1.807) is 19.5 Å². The highest BCUT2D eigenvalue weighted by Gasteiger charge is 2.51. The molecule has 4 rings (SSSR count). The Balaban J connectivity index is 1.40. The molecule has 28 heavy (non-hydrogen) atoms. The number of nitriles is 1. The second kappa shape index (κ2) is 8.09. The van der Waals surface area contributed by atoms with Crippen LogP contribution in [-0.2, 0) is 16.1 Å². The minimum Gasteiger partial charge on any atom is -0.369 e. The number of ether oxygens (including phenoxy) is 1. The number of methoxy groups -OCH3 is 1. The first-order valence-electron chi connectivity index (χ1n) is 9.67. The lowest BCUT2D eigenvalue weighted by Gasteiger charge is -2.52. The third-order valence-electron chi connectivity index (χ3n) is 5.80. The zero-order valence-electron chi connectivity index (χ0n) is 16.0. The van der Waals surface area contributed by atoms with Crippen molar-refractivity contribution in [1.29, 1.82) is 5.26 Å². The van der Waals surface area contributed by atoms with Gasteiger partial charge in [-0.05, 0) is 48.2 Å². The highest BCUT2D eigenvalue weighted by molar-refractivity contribution is 5.89. The molecule has 0 aliphatic carbocycles. The van der Waals surface area contributed by atoms with Crippen LogP contribution in [0.5, 0.6) is 0 Å². The van der Waals surface area contributed by atoms with Crippen molar-refractivity contribution in [2.45, 2.75) is 37.6 Å². The minimum atomic E-state index is -0.394. The predicted molar refractivity (Wildman–Crippen MR) is 104 cm³/mol. The smallest absolute Gasteiger partial charge is 0.255 e. The van der Waals surface area contributed by atoms with Crippen molar-refractivity contribution in [1.82, 2.24) is 14.8 Å². The molecule has 0 bridgehead atoms. The average Bonchev–Trinajstić information content (AvgIpc) is 2.74. The fourth-order valence-electron chi connectivity index (χ4n) is 4.37. The van der Waals surface area contributed by atoms with Crippen LogP contribution >= 0.6 is 0 Å². The largest absolute Gasteiger partial charge is 0.369 e. The van der Waals surface area contributed by atoms with Gasteiger partial charge >= 0.3 is 0 Å². The number of carbonyl (C=O) groups is 1. The lowest BCUT2D eigenvalue weighted by Crippen LogP contribution is -2.64. The SMILES string of the molecule is CO[C@H]1C(=O)N(C2CCN(Cc3cccc(C#N)c3)CC2)[C@H]1c1ccncc1. The molecular formula is C22H24N4O2. The van der Waals surface area contributed by atoms with Crippen molar-refractivity contribution in [3.8, 4) is 6.07 Å². The maximum Gasteiger partial charge on any atom is 0.255 e. The molecule has 0 unspecified atom stereocenters. The molecule has 6 nitrogen and oxygen atoms in total. The monoisotopic (exact) mass is 376 g/mol. The number of nitrogens with zero attached hydrogens (tertiary/aromatic N) is 4. The molecule has 1 amide bonds. The number of likely N-dealkylation sites (tertiary alicyclic amines) is 2. The zero-order valence-corrected chi connectivity index (χ0v) is 16.0. The Morgan fingerprint density at radius 1 is 1.21 bits per heavy atom. The van der Waals surface area contributed by atoms with Gasteiger partial charge in [0.25, 0.3) is 5.91 Å². The Morgan fingerprint density at radius 2 is 1.96 bits per heavy atom. The van der Waals surface area contributed by atoms with Gasteiger partial charge in [0.1, 0.15) is 0 Å². The van der Waals surface area contributed by atoms with Crippen LogP contribution in [0.4, 0.5) is 0 Å². The van der Waals surface area contributed by atoms with Crippen molar-refractivity contribution >= 4 is 5.91 Å². The molecule has 1 aromatic carbocycles. The van der Waals surface area contributed by atoms with Crippen LogP contribution in [0, 0.1) is 11.3 Å². The summed E-state index contributed by atoms with van der Waals surface area (Å²) >= 11 is 0. The summed E-state index contributed by atoms with van der Waals surface area (Å²) in [6, 6.07) is 14.1. The van der Waals surface area contributed by atoms with Crippen molar-refractivity contribution in [2.75, 3.05) is 20.2 Å². The third kappa shape index (κ3) is 3.51. The molecule has 0 radical (unpaired) electrons. The first kappa shape index (κ1) is 18.6. The number of pyridine rings is 1. The number of piperidine rings is 1. The van der Waals surface area contributed by atoms with Crippen LogP contribution in [0.1, 0.15) is 35.6 Å². The number of benzene rings is 1. The number of hydrogen-bond acceptors (Lipinski definition) is 5. The van der Waals surface area contributed by atoms with Crippen molar-refractivity contribution in [3.63, 3.8) is 0 Å². The van der Waals surface area contributed by atoms with Gasteiger partial charge in [-0.1, -0.05) is 12.1 Å². The van der Waals surface area contributed by atoms with Gasteiger partial charge in [-0.3, -0.25) is 14.7 Å². The Morgan fingerprint density at radius 3 is 2.64 bits per heavy atom. The Bertz CT molecular complexity index is 872. The first-order chi connectivity index (χ1) is 13.7. The van der Waals surface area contributed by atoms with E-state index in [1.807, 2.05) is 35.2 Å². The van der Waals surface area contributed by atoms with Gasteiger partial charge in [0.15, 0.2) is 6.10 Å². The van der Waals surface area contributed by atoms with E-state index >= 15 is 0 Å².